The minimum Gasteiger partial charge on any atom is -0.325 e. The molecule has 0 aromatic carbocycles. The minimum absolute atomic E-state index is 0.516. The SMILES string of the molecule is NCc1cccc(CN(Cc2ccsc2)C2CC2)n1. The van der Waals surface area contributed by atoms with Crippen molar-refractivity contribution in [2.24, 2.45) is 5.73 Å². The third-order valence-corrected chi connectivity index (χ3v) is 4.20. The molecular weight excluding hydrogens is 254 g/mol. The second kappa shape index (κ2) is 5.82. The summed E-state index contributed by atoms with van der Waals surface area (Å²) < 4.78 is 0. The van der Waals surface area contributed by atoms with Crippen LogP contribution >= 0.6 is 11.3 Å². The highest BCUT2D eigenvalue weighted by Crippen LogP contribution is 2.29. The Labute approximate surface area is 118 Å². The van der Waals surface area contributed by atoms with Crippen LogP contribution in [0.2, 0.25) is 0 Å². The predicted molar refractivity (Wildman–Crippen MR) is 78.7 cm³/mol. The molecule has 100 valence electrons. The number of nitrogens with two attached hydrogens (primary N) is 1. The highest BCUT2D eigenvalue weighted by atomic mass is 32.1. The predicted octanol–water partition coefficient (Wildman–Crippen LogP) is 2.77. The molecule has 1 aliphatic rings. The first-order valence-corrected chi connectivity index (χ1v) is 7.69. The minimum atomic E-state index is 0.516. The first-order chi connectivity index (χ1) is 9.35. The number of rotatable bonds is 6. The lowest BCUT2D eigenvalue weighted by Gasteiger charge is -2.21. The summed E-state index contributed by atoms with van der Waals surface area (Å²) in [6.45, 7) is 2.47. The largest absolute Gasteiger partial charge is 0.325 e. The molecule has 1 saturated carbocycles. The summed E-state index contributed by atoms with van der Waals surface area (Å²) in [6.07, 6.45) is 2.64. The molecule has 0 amide bonds. The third kappa shape index (κ3) is 3.41. The van der Waals surface area contributed by atoms with Crippen molar-refractivity contribution in [1.82, 2.24) is 9.88 Å². The zero-order chi connectivity index (χ0) is 13.1. The molecule has 0 atom stereocenters. The van der Waals surface area contributed by atoms with Gasteiger partial charge in [-0.2, -0.15) is 11.3 Å². The molecule has 0 bridgehead atoms. The highest BCUT2D eigenvalue weighted by Gasteiger charge is 2.29. The van der Waals surface area contributed by atoms with Gasteiger partial charge in [-0.1, -0.05) is 6.07 Å². The molecule has 0 spiro atoms. The lowest BCUT2D eigenvalue weighted by atomic mass is 10.2. The molecule has 0 aliphatic heterocycles. The Kier molecular flexibility index (Phi) is 3.92. The molecule has 19 heavy (non-hydrogen) atoms. The fourth-order valence-electron chi connectivity index (χ4n) is 2.31. The van der Waals surface area contributed by atoms with Crippen molar-refractivity contribution in [2.45, 2.75) is 38.5 Å². The Morgan fingerprint density at radius 1 is 1.21 bits per heavy atom. The van der Waals surface area contributed by atoms with E-state index >= 15 is 0 Å². The molecule has 2 N–H and O–H groups in total. The molecule has 0 saturated heterocycles. The summed E-state index contributed by atoms with van der Waals surface area (Å²) in [5, 5.41) is 4.38. The zero-order valence-electron chi connectivity index (χ0n) is 11.0. The van der Waals surface area contributed by atoms with Crippen LogP contribution in [-0.4, -0.2) is 15.9 Å². The molecule has 2 aromatic heterocycles. The van der Waals surface area contributed by atoms with E-state index in [2.05, 4.69) is 38.8 Å². The number of pyridine rings is 1. The summed E-state index contributed by atoms with van der Waals surface area (Å²) in [5.74, 6) is 0. The van der Waals surface area contributed by atoms with E-state index in [1.165, 1.54) is 18.4 Å². The molecule has 1 fully saturated rings. The maximum Gasteiger partial charge on any atom is 0.0548 e. The summed E-state index contributed by atoms with van der Waals surface area (Å²) >= 11 is 1.77. The number of aromatic nitrogens is 1. The maximum absolute atomic E-state index is 5.66. The maximum atomic E-state index is 5.66. The van der Waals surface area contributed by atoms with Gasteiger partial charge in [0.05, 0.1) is 11.4 Å². The van der Waals surface area contributed by atoms with Crippen molar-refractivity contribution in [1.29, 1.82) is 0 Å². The van der Waals surface area contributed by atoms with Gasteiger partial charge in [0.15, 0.2) is 0 Å². The molecule has 0 unspecified atom stereocenters. The first kappa shape index (κ1) is 12.8. The Bertz CT molecular complexity index is 520. The number of hydrogen-bond acceptors (Lipinski definition) is 4. The van der Waals surface area contributed by atoms with Crippen molar-refractivity contribution in [2.75, 3.05) is 0 Å². The van der Waals surface area contributed by atoms with Crippen molar-refractivity contribution in [3.05, 3.63) is 52.0 Å². The molecule has 3 rings (SSSR count). The fourth-order valence-corrected chi connectivity index (χ4v) is 2.97. The smallest absolute Gasteiger partial charge is 0.0548 e. The quantitative estimate of drug-likeness (QED) is 0.880. The lowest BCUT2D eigenvalue weighted by Crippen LogP contribution is -2.25. The van der Waals surface area contributed by atoms with Crippen LogP contribution in [-0.2, 0) is 19.6 Å². The molecular formula is C15H19N3S. The Balaban J connectivity index is 1.70. The second-order valence-electron chi connectivity index (χ2n) is 5.09. The van der Waals surface area contributed by atoms with E-state index in [1.807, 2.05) is 6.07 Å². The van der Waals surface area contributed by atoms with Gasteiger partial charge in [-0.25, -0.2) is 0 Å². The number of thiophene rings is 1. The number of nitrogens with zero attached hydrogens (tertiary/aromatic N) is 2. The Morgan fingerprint density at radius 3 is 2.74 bits per heavy atom. The molecule has 2 aromatic rings. The lowest BCUT2D eigenvalue weighted by molar-refractivity contribution is 0.243. The van der Waals surface area contributed by atoms with Gasteiger partial charge in [0.25, 0.3) is 0 Å². The molecule has 3 nitrogen and oxygen atoms in total. The average Bonchev–Trinajstić information content (AvgIpc) is 3.17. The van der Waals surface area contributed by atoms with E-state index in [4.69, 9.17) is 5.73 Å². The third-order valence-electron chi connectivity index (χ3n) is 3.47. The summed E-state index contributed by atoms with van der Waals surface area (Å²) in [7, 11) is 0. The van der Waals surface area contributed by atoms with Crippen LogP contribution in [0.3, 0.4) is 0 Å². The van der Waals surface area contributed by atoms with Gasteiger partial charge in [0.2, 0.25) is 0 Å². The highest BCUT2D eigenvalue weighted by molar-refractivity contribution is 7.07. The van der Waals surface area contributed by atoms with E-state index < -0.39 is 0 Å². The van der Waals surface area contributed by atoms with E-state index in [0.29, 0.717) is 6.54 Å². The van der Waals surface area contributed by atoms with Gasteiger partial charge < -0.3 is 5.73 Å². The van der Waals surface area contributed by atoms with Gasteiger partial charge in [-0.15, -0.1) is 0 Å². The molecule has 0 radical (unpaired) electrons. The molecule has 1 aliphatic carbocycles. The monoisotopic (exact) mass is 273 g/mol. The Morgan fingerprint density at radius 2 is 2.05 bits per heavy atom. The van der Waals surface area contributed by atoms with Crippen molar-refractivity contribution >= 4 is 11.3 Å². The van der Waals surface area contributed by atoms with Gasteiger partial charge >= 0.3 is 0 Å². The zero-order valence-corrected chi connectivity index (χ0v) is 11.8. The summed E-state index contributed by atoms with van der Waals surface area (Å²) in [6, 6.07) is 9.10. The van der Waals surface area contributed by atoms with Gasteiger partial charge in [0, 0.05) is 25.7 Å². The number of hydrogen-bond donors (Lipinski definition) is 1. The fraction of sp³-hybridized carbons (Fsp3) is 0.400. The van der Waals surface area contributed by atoms with Gasteiger partial charge in [-0.05, 0) is 47.4 Å². The molecule has 4 heteroatoms. The van der Waals surface area contributed by atoms with Crippen LogP contribution in [0.4, 0.5) is 0 Å². The van der Waals surface area contributed by atoms with Crippen LogP contribution in [0.25, 0.3) is 0 Å². The second-order valence-corrected chi connectivity index (χ2v) is 5.87. The van der Waals surface area contributed by atoms with Crippen LogP contribution in [0.5, 0.6) is 0 Å². The van der Waals surface area contributed by atoms with Crippen molar-refractivity contribution in [3.8, 4) is 0 Å². The van der Waals surface area contributed by atoms with E-state index in [1.54, 1.807) is 11.3 Å². The summed E-state index contributed by atoms with van der Waals surface area (Å²) in [4.78, 5) is 7.14. The average molecular weight is 273 g/mol. The first-order valence-electron chi connectivity index (χ1n) is 6.75. The van der Waals surface area contributed by atoms with Crippen molar-refractivity contribution < 1.29 is 0 Å². The van der Waals surface area contributed by atoms with Crippen LogP contribution in [0.15, 0.2) is 35.0 Å². The van der Waals surface area contributed by atoms with Gasteiger partial charge in [0.1, 0.15) is 0 Å². The van der Waals surface area contributed by atoms with Gasteiger partial charge in [-0.3, -0.25) is 9.88 Å². The van der Waals surface area contributed by atoms with Crippen molar-refractivity contribution in [3.63, 3.8) is 0 Å². The van der Waals surface area contributed by atoms with Crippen LogP contribution in [0, 0.1) is 0 Å². The molecule has 2 heterocycles. The van der Waals surface area contributed by atoms with E-state index in [-0.39, 0.29) is 0 Å². The van der Waals surface area contributed by atoms with E-state index in [9.17, 15) is 0 Å². The van der Waals surface area contributed by atoms with Crippen LogP contribution < -0.4 is 5.73 Å². The topological polar surface area (TPSA) is 42.1 Å². The van der Waals surface area contributed by atoms with Crippen LogP contribution in [0.1, 0.15) is 29.8 Å². The summed E-state index contributed by atoms with van der Waals surface area (Å²) in [5.41, 5.74) is 9.17. The van der Waals surface area contributed by atoms with E-state index in [0.717, 1.165) is 30.5 Å². The standard InChI is InChI=1S/C15H19N3S/c16-8-13-2-1-3-14(17-13)10-18(15-4-5-15)9-12-6-7-19-11-12/h1-3,6-7,11,15H,4-5,8-10,16H2. The normalized spacial score (nSPS) is 15.1. The Hall–Kier alpha value is -1.23.